The maximum atomic E-state index is 12.1. The Morgan fingerprint density at radius 1 is 1.47 bits per heavy atom. The molecule has 0 unspecified atom stereocenters. The minimum Gasteiger partial charge on any atom is -0.350 e. The summed E-state index contributed by atoms with van der Waals surface area (Å²) >= 11 is 3.44. The lowest BCUT2D eigenvalue weighted by Crippen LogP contribution is -2.22. The third kappa shape index (κ3) is 2.42. The van der Waals surface area contributed by atoms with Crippen LogP contribution in [0.5, 0.6) is 0 Å². The Bertz CT molecular complexity index is 560. The number of halogens is 1. The average Bonchev–Trinajstić information content (AvgIpc) is 2.63. The van der Waals surface area contributed by atoms with Gasteiger partial charge in [0, 0.05) is 34.2 Å². The van der Waals surface area contributed by atoms with E-state index in [-0.39, 0.29) is 5.78 Å². The molecule has 4 heteroatoms. The standard InChI is InChI=1S/C13H15BrN2O/c1-3-15-7-13(17)11-8-16(2)12-5-4-9(14)6-10(11)12/h4-6,8,15H,3,7H2,1-2H3. The number of Topliss-reactive ketones (excluding diaryl/α,β-unsaturated/α-hetero) is 1. The fourth-order valence-electron chi connectivity index (χ4n) is 1.92. The number of fused-ring (bicyclic) bond motifs is 1. The lowest BCUT2D eigenvalue weighted by molar-refractivity contribution is 0.0993. The van der Waals surface area contributed by atoms with E-state index in [2.05, 4.69) is 21.2 Å². The van der Waals surface area contributed by atoms with Crippen molar-refractivity contribution in [2.24, 2.45) is 7.05 Å². The summed E-state index contributed by atoms with van der Waals surface area (Å²) < 4.78 is 2.98. The van der Waals surface area contributed by atoms with Gasteiger partial charge in [-0.25, -0.2) is 0 Å². The van der Waals surface area contributed by atoms with Gasteiger partial charge >= 0.3 is 0 Å². The molecule has 0 amide bonds. The normalized spacial score (nSPS) is 11.0. The van der Waals surface area contributed by atoms with Gasteiger partial charge in [0.1, 0.15) is 0 Å². The number of nitrogens with one attached hydrogen (secondary N) is 1. The largest absolute Gasteiger partial charge is 0.350 e. The Balaban J connectivity index is 2.46. The second-order valence-electron chi connectivity index (χ2n) is 4.02. The Morgan fingerprint density at radius 2 is 2.24 bits per heavy atom. The van der Waals surface area contributed by atoms with Crippen LogP contribution in [0, 0.1) is 0 Å². The van der Waals surface area contributed by atoms with Crippen LogP contribution in [-0.2, 0) is 7.05 Å². The number of carbonyl (C=O) groups is 1. The summed E-state index contributed by atoms with van der Waals surface area (Å²) in [6, 6.07) is 6.00. The Kier molecular flexibility index (Phi) is 3.64. The maximum absolute atomic E-state index is 12.1. The number of hydrogen-bond donors (Lipinski definition) is 1. The molecule has 0 aliphatic heterocycles. The lowest BCUT2D eigenvalue weighted by Gasteiger charge is -2.00. The van der Waals surface area contributed by atoms with Crippen molar-refractivity contribution >= 4 is 32.6 Å². The Hall–Kier alpha value is -1.13. The molecule has 0 bridgehead atoms. The fraction of sp³-hybridized carbons (Fsp3) is 0.308. The van der Waals surface area contributed by atoms with E-state index in [1.54, 1.807) is 0 Å². The van der Waals surface area contributed by atoms with Crippen molar-refractivity contribution in [3.05, 3.63) is 34.4 Å². The van der Waals surface area contributed by atoms with Crippen LogP contribution in [0.15, 0.2) is 28.9 Å². The minimum absolute atomic E-state index is 0.135. The number of aromatic nitrogens is 1. The van der Waals surface area contributed by atoms with E-state index in [0.29, 0.717) is 6.54 Å². The molecule has 0 atom stereocenters. The molecule has 1 heterocycles. The summed E-state index contributed by atoms with van der Waals surface area (Å²) in [6.07, 6.45) is 1.90. The first-order chi connectivity index (χ1) is 8.13. The first-order valence-electron chi connectivity index (χ1n) is 5.62. The van der Waals surface area contributed by atoms with Crippen LogP contribution >= 0.6 is 15.9 Å². The maximum Gasteiger partial charge on any atom is 0.178 e. The van der Waals surface area contributed by atoms with Crippen LogP contribution in [0.2, 0.25) is 0 Å². The van der Waals surface area contributed by atoms with Crippen LogP contribution in [0.4, 0.5) is 0 Å². The number of rotatable bonds is 4. The van der Waals surface area contributed by atoms with E-state index >= 15 is 0 Å². The zero-order valence-corrected chi connectivity index (χ0v) is 11.5. The molecule has 0 saturated carbocycles. The Morgan fingerprint density at radius 3 is 2.94 bits per heavy atom. The minimum atomic E-state index is 0.135. The van der Waals surface area contributed by atoms with Gasteiger partial charge in [-0.15, -0.1) is 0 Å². The van der Waals surface area contributed by atoms with Crippen molar-refractivity contribution < 1.29 is 4.79 Å². The third-order valence-corrected chi connectivity index (χ3v) is 3.28. The monoisotopic (exact) mass is 294 g/mol. The molecule has 17 heavy (non-hydrogen) atoms. The second-order valence-corrected chi connectivity index (χ2v) is 4.93. The number of hydrogen-bond acceptors (Lipinski definition) is 2. The topological polar surface area (TPSA) is 34.0 Å². The van der Waals surface area contributed by atoms with Crippen molar-refractivity contribution in [2.75, 3.05) is 13.1 Å². The molecule has 0 spiro atoms. The molecular formula is C13H15BrN2O. The highest BCUT2D eigenvalue weighted by atomic mass is 79.9. The predicted octanol–water partition coefficient (Wildman–Crippen LogP) is 2.73. The fourth-order valence-corrected chi connectivity index (χ4v) is 2.28. The molecule has 0 aliphatic rings. The van der Waals surface area contributed by atoms with Crippen molar-refractivity contribution in [3.63, 3.8) is 0 Å². The average molecular weight is 295 g/mol. The number of aryl methyl sites for hydroxylation is 1. The third-order valence-electron chi connectivity index (χ3n) is 2.79. The zero-order chi connectivity index (χ0) is 12.4. The molecule has 0 aliphatic carbocycles. The summed E-state index contributed by atoms with van der Waals surface area (Å²) in [5.74, 6) is 0.135. The second kappa shape index (κ2) is 5.02. The van der Waals surface area contributed by atoms with Gasteiger partial charge in [-0.3, -0.25) is 4.79 Å². The first kappa shape index (κ1) is 12.3. The summed E-state index contributed by atoms with van der Waals surface area (Å²) in [6.45, 7) is 3.19. The molecule has 0 fully saturated rings. The number of nitrogens with zero attached hydrogens (tertiary/aromatic N) is 1. The van der Waals surface area contributed by atoms with Gasteiger partial charge in [0.05, 0.1) is 6.54 Å². The summed E-state index contributed by atoms with van der Waals surface area (Å²) in [5.41, 5.74) is 1.86. The van der Waals surface area contributed by atoms with E-state index in [4.69, 9.17) is 0 Å². The van der Waals surface area contributed by atoms with Gasteiger partial charge in [-0.1, -0.05) is 22.9 Å². The van der Waals surface area contributed by atoms with E-state index in [0.717, 1.165) is 27.5 Å². The van der Waals surface area contributed by atoms with Crippen LogP contribution in [0.25, 0.3) is 10.9 Å². The number of likely N-dealkylation sites (N-methyl/N-ethyl adjacent to an activating group) is 1. The van der Waals surface area contributed by atoms with Crippen LogP contribution < -0.4 is 5.32 Å². The van der Waals surface area contributed by atoms with Crippen LogP contribution in [0.3, 0.4) is 0 Å². The number of carbonyl (C=O) groups excluding carboxylic acids is 1. The highest BCUT2D eigenvalue weighted by Crippen LogP contribution is 2.24. The molecule has 0 saturated heterocycles. The molecule has 1 aromatic heterocycles. The molecular weight excluding hydrogens is 280 g/mol. The molecule has 2 rings (SSSR count). The molecule has 0 radical (unpaired) electrons. The van der Waals surface area contributed by atoms with Crippen molar-refractivity contribution in [1.29, 1.82) is 0 Å². The highest BCUT2D eigenvalue weighted by Gasteiger charge is 2.13. The zero-order valence-electron chi connectivity index (χ0n) is 9.96. The van der Waals surface area contributed by atoms with Crippen molar-refractivity contribution in [3.8, 4) is 0 Å². The SMILES string of the molecule is CCNCC(=O)c1cn(C)c2ccc(Br)cc12. The van der Waals surface area contributed by atoms with Gasteiger partial charge in [0.25, 0.3) is 0 Å². The molecule has 2 aromatic rings. The lowest BCUT2D eigenvalue weighted by atomic mass is 10.1. The Labute approximate surface area is 109 Å². The predicted molar refractivity (Wildman–Crippen MR) is 73.5 cm³/mol. The van der Waals surface area contributed by atoms with E-state index < -0.39 is 0 Å². The molecule has 90 valence electrons. The molecule has 3 nitrogen and oxygen atoms in total. The van der Waals surface area contributed by atoms with Crippen molar-refractivity contribution in [2.45, 2.75) is 6.92 Å². The number of benzene rings is 1. The van der Waals surface area contributed by atoms with E-state index in [1.807, 2.05) is 42.9 Å². The quantitative estimate of drug-likeness (QED) is 0.880. The van der Waals surface area contributed by atoms with Gasteiger partial charge < -0.3 is 9.88 Å². The van der Waals surface area contributed by atoms with Gasteiger partial charge in [0.2, 0.25) is 0 Å². The van der Waals surface area contributed by atoms with Crippen LogP contribution in [-0.4, -0.2) is 23.4 Å². The number of ketones is 1. The van der Waals surface area contributed by atoms with E-state index in [1.165, 1.54) is 0 Å². The highest BCUT2D eigenvalue weighted by molar-refractivity contribution is 9.10. The summed E-state index contributed by atoms with van der Waals surface area (Å²) in [4.78, 5) is 12.1. The molecule has 1 N–H and O–H groups in total. The van der Waals surface area contributed by atoms with E-state index in [9.17, 15) is 4.79 Å². The first-order valence-corrected chi connectivity index (χ1v) is 6.41. The smallest absolute Gasteiger partial charge is 0.178 e. The van der Waals surface area contributed by atoms with Gasteiger partial charge in [0.15, 0.2) is 5.78 Å². The summed E-state index contributed by atoms with van der Waals surface area (Å²) in [5, 5.41) is 4.07. The summed E-state index contributed by atoms with van der Waals surface area (Å²) in [7, 11) is 1.96. The molecule has 1 aromatic carbocycles. The van der Waals surface area contributed by atoms with Gasteiger partial charge in [-0.2, -0.15) is 0 Å². The van der Waals surface area contributed by atoms with Gasteiger partial charge in [-0.05, 0) is 24.7 Å². The van der Waals surface area contributed by atoms with Crippen molar-refractivity contribution in [1.82, 2.24) is 9.88 Å². The van der Waals surface area contributed by atoms with Crippen LogP contribution in [0.1, 0.15) is 17.3 Å².